The fourth-order valence-electron chi connectivity index (χ4n) is 3.55. The second kappa shape index (κ2) is 8.31. The molecule has 0 aliphatic carbocycles. The zero-order valence-electron chi connectivity index (χ0n) is 15.8. The van der Waals surface area contributed by atoms with Crippen LogP contribution in [-0.2, 0) is 30.4 Å². The van der Waals surface area contributed by atoms with Gasteiger partial charge < -0.3 is 9.30 Å². The standard InChI is InChI=1S/C18H20F6N4O/c1-10(5-11-7-13(20)14(21)8-12(11)19)6-16(29-2)27-3-4-28-15(9-27)25-26-17(28)18(22,23)24/h7-8,10,16H,3-6,9H2,1-2H3/t10-,16?/m1/s1. The highest BCUT2D eigenvalue weighted by Crippen LogP contribution is 2.30. The molecule has 1 aliphatic rings. The van der Waals surface area contributed by atoms with E-state index in [2.05, 4.69) is 10.2 Å². The third-order valence-electron chi connectivity index (χ3n) is 4.98. The van der Waals surface area contributed by atoms with E-state index in [0.29, 0.717) is 19.0 Å². The van der Waals surface area contributed by atoms with Gasteiger partial charge in [-0.15, -0.1) is 10.2 Å². The van der Waals surface area contributed by atoms with Crippen LogP contribution < -0.4 is 0 Å². The van der Waals surface area contributed by atoms with E-state index in [1.807, 2.05) is 4.90 Å². The van der Waals surface area contributed by atoms with Gasteiger partial charge in [-0.1, -0.05) is 6.92 Å². The monoisotopic (exact) mass is 422 g/mol. The minimum atomic E-state index is -4.57. The fourth-order valence-corrected chi connectivity index (χ4v) is 3.55. The van der Waals surface area contributed by atoms with E-state index in [1.165, 1.54) is 7.11 Å². The summed E-state index contributed by atoms with van der Waals surface area (Å²) in [6.07, 6.45) is -4.46. The van der Waals surface area contributed by atoms with Gasteiger partial charge in [0.15, 0.2) is 11.6 Å². The first-order chi connectivity index (χ1) is 13.6. The number of alkyl halides is 3. The Morgan fingerprint density at radius 1 is 1.07 bits per heavy atom. The summed E-state index contributed by atoms with van der Waals surface area (Å²) < 4.78 is 85.7. The van der Waals surface area contributed by atoms with Crippen LogP contribution in [0.25, 0.3) is 0 Å². The van der Waals surface area contributed by atoms with E-state index < -0.39 is 35.7 Å². The minimum Gasteiger partial charge on any atom is -0.366 e. The van der Waals surface area contributed by atoms with Crippen LogP contribution in [0.1, 0.15) is 30.6 Å². The maximum absolute atomic E-state index is 13.9. The summed E-state index contributed by atoms with van der Waals surface area (Å²) >= 11 is 0. The number of benzene rings is 1. The average Bonchev–Trinajstić information content (AvgIpc) is 3.07. The molecule has 0 saturated heterocycles. The number of fused-ring (bicyclic) bond motifs is 1. The van der Waals surface area contributed by atoms with Gasteiger partial charge in [-0.25, -0.2) is 13.2 Å². The minimum absolute atomic E-state index is 0.0551. The third kappa shape index (κ3) is 4.72. The van der Waals surface area contributed by atoms with Crippen molar-refractivity contribution in [2.75, 3.05) is 13.7 Å². The number of methoxy groups -OCH3 is 1. The van der Waals surface area contributed by atoms with Crippen molar-refractivity contribution in [1.82, 2.24) is 19.7 Å². The first-order valence-electron chi connectivity index (χ1n) is 8.99. The summed E-state index contributed by atoms with van der Waals surface area (Å²) in [5.74, 6) is -4.19. The molecular formula is C18H20F6N4O. The van der Waals surface area contributed by atoms with Crippen LogP contribution in [0, 0.1) is 23.4 Å². The van der Waals surface area contributed by atoms with E-state index in [4.69, 9.17) is 4.74 Å². The molecule has 1 aromatic heterocycles. The van der Waals surface area contributed by atoms with Crippen molar-refractivity contribution in [3.05, 3.63) is 46.8 Å². The van der Waals surface area contributed by atoms with Crippen LogP contribution in [0.2, 0.25) is 0 Å². The predicted molar refractivity (Wildman–Crippen MR) is 90.0 cm³/mol. The van der Waals surface area contributed by atoms with Crippen LogP contribution in [0.4, 0.5) is 26.3 Å². The van der Waals surface area contributed by atoms with Gasteiger partial charge in [-0.3, -0.25) is 4.90 Å². The zero-order valence-corrected chi connectivity index (χ0v) is 15.8. The molecule has 160 valence electrons. The number of nitrogens with zero attached hydrogens (tertiary/aromatic N) is 4. The maximum Gasteiger partial charge on any atom is 0.451 e. The summed E-state index contributed by atoms with van der Waals surface area (Å²) in [7, 11) is 1.47. The molecule has 0 bridgehead atoms. The van der Waals surface area contributed by atoms with Crippen molar-refractivity contribution in [2.24, 2.45) is 5.92 Å². The molecule has 2 atom stereocenters. The lowest BCUT2D eigenvalue weighted by Crippen LogP contribution is -2.43. The van der Waals surface area contributed by atoms with Crippen molar-refractivity contribution in [3.63, 3.8) is 0 Å². The number of hydrogen-bond donors (Lipinski definition) is 0. The number of ether oxygens (including phenoxy) is 1. The highest BCUT2D eigenvalue weighted by atomic mass is 19.4. The molecule has 0 N–H and O–H groups in total. The first-order valence-corrected chi connectivity index (χ1v) is 8.99. The van der Waals surface area contributed by atoms with E-state index in [9.17, 15) is 26.3 Å². The van der Waals surface area contributed by atoms with Gasteiger partial charge in [0.1, 0.15) is 17.9 Å². The Labute approximate surface area is 163 Å². The van der Waals surface area contributed by atoms with Crippen LogP contribution in [0.3, 0.4) is 0 Å². The Morgan fingerprint density at radius 3 is 2.41 bits per heavy atom. The highest BCUT2D eigenvalue weighted by molar-refractivity contribution is 5.20. The third-order valence-corrected chi connectivity index (χ3v) is 4.98. The Kier molecular flexibility index (Phi) is 6.18. The lowest BCUT2D eigenvalue weighted by molar-refractivity contribution is -0.148. The number of aromatic nitrogens is 3. The number of rotatable bonds is 6. The van der Waals surface area contributed by atoms with Gasteiger partial charge in [0, 0.05) is 26.3 Å². The molecular weight excluding hydrogens is 402 g/mol. The molecule has 2 aromatic rings. The summed E-state index contributed by atoms with van der Waals surface area (Å²) in [6, 6.07) is 1.35. The van der Waals surface area contributed by atoms with E-state index in [1.54, 1.807) is 6.92 Å². The predicted octanol–water partition coefficient (Wildman–Crippen LogP) is 3.77. The van der Waals surface area contributed by atoms with Crippen molar-refractivity contribution >= 4 is 0 Å². The second-order valence-electron chi connectivity index (χ2n) is 7.15. The summed E-state index contributed by atoms with van der Waals surface area (Å²) in [4.78, 5) is 1.82. The Hall–Kier alpha value is -2.14. The molecule has 2 heterocycles. The second-order valence-corrected chi connectivity index (χ2v) is 7.15. The summed E-state index contributed by atoms with van der Waals surface area (Å²) in [5.41, 5.74) is 0.0551. The molecule has 0 fully saturated rings. The highest BCUT2D eigenvalue weighted by Gasteiger charge is 2.40. The quantitative estimate of drug-likeness (QED) is 0.525. The summed E-state index contributed by atoms with van der Waals surface area (Å²) in [6.45, 7) is 2.27. The van der Waals surface area contributed by atoms with Gasteiger partial charge in [0.05, 0.1) is 6.54 Å². The van der Waals surface area contributed by atoms with E-state index in [0.717, 1.165) is 10.6 Å². The van der Waals surface area contributed by atoms with Gasteiger partial charge in [0.2, 0.25) is 5.82 Å². The molecule has 1 aromatic carbocycles. The van der Waals surface area contributed by atoms with Crippen molar-refractivity contribution in [3.8, 4) is 0 Å². The number of hydrogen-bond acceptors (Lipinski definition) is 4. The number of halogens is 6. The lowest BCUT2D eigenvalue weighted by Gasteiger charge is -2.35. The molecule has 29 heavy (non-hydrogen) atoms. The molecule has 1 unspecified atom stereocenters. The van der Waals surface area contributed by atoms with Crippen LogP contribution in [-0.4, -0.2) is 39.5 Å². The molecule has 11 heteroatoms. The van der Waals surface area contributed by atoms with Crippen molar-refractivity contribution < 1.29 is 31.1 Å². The SMILES string of the molecule is COC(C[C@H](C)Cc1cc(F)c(F)cc1F)N1CCn2c(nnc2C(F)(F)F)C1. The largest absolute Gasteiger partial charge is 0.451 e. The first kappa shape index (κ1) is 21.6. The molecule has 0 saturated carbocycles. The van der Waals surface area contributed by atoms with Crippen LogP contribution in [0.15, 0.2) is 12.1 Å². The molecule has 1 aliphatic heterocycles. The zero-order chi connectivity index (χ0) is 21.3. The van der Waals surface area contributed by atoms with E-state index >= 15 is 0 Å². The lowest BCUT2D eigenvalue weighted by atomic mass is 9.96. The Balaban J connectivity index is 1.66. The molecule has 0 radical (unpaired) electrons. The smallest absolute Gasteiger partial charge is 0.366 e. The molecule has 0 amide bonds. The molecule has 0 spiro atoms. The Bertz CT molecular complexity index is 869. The van der Waals surface area contributed by atoms with Gasteiger partial charge in [0.25, 0.3) is 0 Å². The normalized spacial score (nSPS) is 17.2. The van der Waals surface area contributed by atoms with Crippen molar-refractivity contribution in [2.45, 2.75) is 45.3 Å². The van der Waals surface area contributed by atoms with Gasteiger partial charge >= 0.3 is 6.18 Å². The maximum atomic E-state index is 13.9. The van der Waals surface area contributed by atoms with E-state index in [-0.39, 0.29) is 36.8 Å². The fraction of sp³-hybridized carbons (Fsp3) is 0.556. The van der Waals surface area contributed by atoms with Crippen molar-refractivity contribution in [1.29, 1.82) is 0 Å². The summed E-state index contributed by atoms with van der Waals surface area (Å²) in [5, 5.41) is 6.88. The van der Waals surface area contributed by atoms with Crippen LogP contribution in [0.5, 0.6) is 0 Å². The van der Waals surface area contributed by atoms with Crippen LogP contribution >= 0.6 is 0 Å². The van der Waals surface area contributed by atoms with Gasteiger partial charge in [-0.2, -0.15) is 13.2 Å². The molecule has 5 nitrogen and oxygen atoms in total. The topological polar surface area (TPSA) is 43.2 Å². The Morgan fingerprint density at radius 2 is 1.76 bits per heavy atom. The average molecular weight is 422 g/mol. The van der Waals surface area contributed by atoms with Gasteiger partial charge in [-0.05, 0) is 30.4 Å². The molecule has 3 rings (SSSR count).